The number of fused-ring (bicyclic) bond motifs is 1. The van der Waals surface area contributed by atoms with Crippen molar-refractivity contribution in [3.8, 4) is 17.2 Å². The number of para-hydroxylation sites is 2. The van der Waals surface area contributed by atoms with Gasteiger partial charge in [-0.05, 0) is 42.5 Å². The smallest absolute Gasteiger partial charge is 0.343 e. The van der Waals surface area contributed by atoms with Gasteiger partial charge in [0.25, 0.3) is 11.8 Å². The summed E-state index contributed by atoms with van der Waals surface area (Å²) >= 11 is 0. The van der Waals surface area contributed by atoms with Crippen LogP contribution in [0.4, 0.5) is 5.69 Å². The molecule has 32 heavy (non-hydrogen) atoms. The molecule has 5 rings (SSSR count). The van der Waals surface area contributed by atoms with Crippen LogP contribution in [-0.2, 0) is 9.59 Å². The topological polar surface area (TPSA) is 94.2 Å². The number of carbonyl (C=O) groups excluding carboxylic acids is 3. The molecule has 2 aliphatic rings. The molecule has 0 bridgehead atoms. The molecule has 1 N–H and O–H groups in total. The highest BCUT2D eigenvalue weighted by Gasteiger charge is 2.34. The third-order valence-electron chi connectivity index (χ3n) is 4.94. The van der Waals surface area contributed by atoms with Gasteiger partial charge in [-0.25, -0.2) is 9.80 Å². The Bertz CT molecular complexity index is 1270. The van der Waals surface area contributed by atoms with Gasteiger partial charge in [0.1, 0.15) is 11.3 Å². The molecule has 2 heterocycles. The van der Waals surface area contributed by atoms with Crippen molar-refractivity contribution in [2.45, 2.75) is 0 Å². The number of anilines is 1. The Balaban J connectivity index is 1.41. The molecule has 3 aromatic rings. The van der Waals surface area contributed by atoms with Crippen molar-refractivity contribution in [1.29, 1.82) is 0 Å². The Labute approximate surface area is 182 Å². The number of hydrogen-bond acceptors (Lipinski definition) is 6. The minimum absolute atomic E-state index is 0.0690. The highest BCUT2D eigenvalue weighted by molar-refractivity contribution is 6.31. The van der Waals surface area contributed by atoms with Gasteiger partial charge >= 0.3 is 5.97 Å². The zero-order valence-electron chi connectivity index (χ0n) is 16.6. The molecule has 1 fully saturated rings. The summed E-state index contributed by atoms with van der Waals surface area (Å²) in [6.45, 7) is 0.0976. The van der Waals surface area contributed by atoms with E-state index in [1.807, 2.05) is 6.07 Å². The fraction of sp³-hybridized carbons (Fsp3) is 0.0417. The van der Waals surface area contributed by atoms with E-state index in [0.717, 1.165) is 0 Å². The Hall–Kier alpha value is -4.59. The van der Waals surface area contributed by atoms with E-state index >= 15 is 0 Å². The van der Waals surface area contributed by atoms with Crippen LogP contribution in [0.5, 0.6) is 17.2 Å². The lowest BCUT2D eigenvalue weighted by atomic mass is 10.1. The summed E-state index contributed by atoms with van der Waals surface area (Å²) in [6, 6.07) is 20.2. The zero-order chi connectivity index (χ0) is 22.1. The monoisotopic (exact) mass is 428 g/mol. The van der Waals surface area contributed by atoms with Crippen molar-refractivity contribution >= 4 is 29.5 Å². The molecule has 8 nitrogen and oxygen atoms in total. The summed E-state index contributed by atoms with van der Waals surface area (Å²) in [4.78, 5) is 38.0. The molecule has 0 atom stereocenters. The molecule has 0 aliphatic carbocycles. The molecule has 2 amide bonds. The van der Waals surface area contributed by atoms with E-state index in [1.54, 1.807) is 60.7 Å². The van der Waals surface area contributed by atoms with Crippen LogP contribution in [0.3, 0.4) is 0 Å². The summed E-state index contributed by atoms with van der Waals surface area (Å²) in [5, 5.41) is 1.18. The second-order valence-corrected chi connectivity index (χ2v) is 6.97. The zero-order valence-corrected chi connectivity index (χ0v) is 16.6. The lowest BCUT2D eigenvalue weighted by Crippen LogP contribution is -2.35. The van der Waals surface area contributed by atoms with Gasteiger partial charge in [-0.1, -0.05) is 36.4 Å². The molecule has 0 aromatic heterocycles. The molecule has 8 heteroatoms. The highest BCUT2D eigenvalue weighted by Crippen LogP contribution is 2.33. The van der Waals surface area contributed by atoms with Gasteiger partial charge in [0.05, 0.1) is 11.3 Å². The number of ether oxygens (including phenoxy) is 3. The lowest BCUT2D eigenvalue weighted by molar-refractivity contribution is -0.117. The molecule has 3 aromatic carbocycles. The second kappa shape index (κ2) is 7.92. The van der Waals surface area contributed by atoms with Crippen molar-refractivity contribution in [2.75, 3.05) is 11.8 Å². The van der Waals surface area contributed by atoms with Gasteiger partial charge in [-0.3, -0.25) is 15.0 Å². The highest BCUT2D eigenvalue weighted by atomic mass is 16.7. The maximum absolute atomic E-state index is 12.8. The fourth-order valence-corrected chi connectivity index (χ4v) is 3.35. The standard InChI is InChI=1S/C24H16N2O6/c27-22-18(23(28)26(25-22)17-7-2-1-3-8-17)12-15-6-4-5-9-19(15)32-24(29)16-10-11-20-21(13-16)31-14-30-20/h1-13H,14H2,(H,25,27). The first kappa shape index (κ1) is 19.4. The number of hydrazine groups is 1. The molecular formula is C24H16N2O6. The van der Waals surface area contributed by atoms with E-state index in [0.29, 0.717) is 22.7 Å². The van der Waals surface area contributed by atoms with Crippen molar-refractivity contribution in [3.63, 3.8) is 0 Å². The largest absolute Gasteiger partial charge is 0.454 e. The normalized spacial score (nSPS) is 15.8. The van der Waals surface area contributed by atoms with Gasteiger partial charge in [0.15, 0.2) is 11.5 Å². The number of nitrogens with one attached hydrogen (secondary N) is 1. The summed E-state index contributed by atoms with van der Waals surface area (Å²) in [7, 11) is 0. The predicted octanol–water partition coefficient (Wildman–Crippen LogP) is 3.10. The average Bonchev–Trinajstić information content (AvgIpc) is 3.40. The van der Waals surface area contributed by atoms with E-state index in [1.165, 1.54) is 17.2 Å². The van der Waals surface area contributed by atoms with Gasteiger partial charge in [-0.2, -0.15) is 0 Å². The van der Waals surface area contributed by atoms with Crippen molar-refractivity contribution in [2.24, 2.45) is 0 Å². The van der Waals surface area contributed by atoms with E-state index in [9.17, 15) is 14.4 Å². The molecule has 0 spiro atoms. The maximum atomic E-state index is 12.8. The van der Waals surface area contributed by atoms with Gasteiger partial charge < -0.3 is 14.2 Å². The number of carbonyl (C=O) groups is 3. The maximum Gasteiger partial charge on any atom is 0.343 e. The van der Waals surface area contributed by atoms with Crippen LogP contribution in [0.15, 0.2) is 78.4 Å². The fourth-order valence-electron chi connectivity index (χ4n) is 3.35. The number of hydrogen-bond donors (Lipinski definition) is 1. The lowest BCUT2D eigenvalue weighted by Gasteiger charge is -2.13. The number of esters is 1. The Morgan fingerprint density at radius 2 is 1.69 bits per heavy atom. The van der Waals surface area contributed by atoms with Crippen LogP contribution < -0.4 is 24.6 Å². The first-order chi connectivity index (χ1) is 15.6. The van der Waals surface area contributed by atoms with Crippen molar-refractivity contribution < 1.29 is 28.6 Å². The van der Waals surface area contributed by atoms with E-state index in [-0.39, 0.29) is 23.7 Å². The number of rotatable bonds is 4. The number of amides is 2. The summed E-state index contributed by atoms with van der Waals surface area (Å²) < 4.78 is 16.1. The van der Waals surface area contributed by atoms with E-state index in [4.69, 9.17) is 14.2 Å². The third kappa shape index (κ3) is 3.54. The predicted molar refractivity (Wildman–Crippen MR) is 114 cm³/mol. The van der Waals surface area contributed by atoms with Gasteiger partial charge in [-0.15, -0.1) is 0 Å². The van der Waals surface area contributed by atoms with Crippen LogP contribution >= 0.6 is 0 Å². The second-order valence-electron chi connectivity index (χ2n) is 6.97. The Morgan fingerprint density at radius 1 is 0.938 bits per heavy atom. The molecule has 0 radical (unpaired) electrons. The van der Waals surface area contributed by atoms with Crippen molar-refractivity contribution in [1.82, 2.24) is 5.43 Å². The van der Waals surface area contributed by atoms with Crippen LogP contribution in [0.25, 0.3) is 6.08 Å². The Kier molecular flexibility index (Phi) is 4.79. The van der Waals surface area contributed by atoms with E-state index < -0.39 is 17.8 Å². The molecule has 2 aliphatic heterocycles. The molecule has 0 unspecified atom stereocenters. The summed E-state index contributed by atoms with van der Waals surface area (Å²) in [6.07, 6.45) is 1.41. The molecule has 1 saturated heterocycles. The first-order valence-corrected chi connectivity index (χ1v) is 9.73. The minimum Gasteiger partial charge on any atom is -0.454 e. The van der Waals surface area contributed by atoms with Gasteiger partial charge in [0, 0.05) is 5.56 Å². The average molecular weight is 428 g/mol. The molecular weight excluding hydrogens is 412 g/mol. The third-order valence-corrected chi connectivity index (χ3v) is 4.94. The molecule has 158 valence electrons. The summed E-state index contributed by atoms with van der Waals surface area (Å²) in [5.41, 5.74) is 3.70. The minimum atomic E-state index is -0.609. The Morgan fingerprint density at radius 3 is 2.53 bits per heavy atom. The first-order valence-electron chi connectivity index (χ1n) is 9.73. The van der Waals surface area contributed by atoms with Crippen LogP contribution in [0, 0.1) is 0 Å². The van der Waals surface area contributed by atoms with Crippen LogP contribution in [-0.4, -0.2) is 24.6 Å². The van der Waals surface area contributed by atoms with Crippen molar-refractivity contribution in [3.05, 3.63) is 89.5 Å². The molecule has 0 saturated carbocycles. The van der Waals surface area contributed by atoms with Crippen LogP contribution in [0.2, 0.25) is 0 Å². The quantitative estimate of drug-likeness (QED) is 0.297. The number of benzene rings is 3. The van der Waals surface area contributed by atoms with Crippen LogP contribution in [0.1, 0.15) is 15.9 Å². The van der Waals surface area contributed by atoms with E-state index in [2.05, 4.69) is 5.43 Å². The summed E-state index contributed by atoms with van der Waals surface area (Å²) in [5.74, 6) is -0.429. The number of nitrogens with zero attached hydrogens (tertiary/aromatic N) is 1. The van der Waals surface area contributed by atoms with Gasteiger partial charge in [0.2, 0.25) is 6.79 Å². The SMILES string of the molecule is O=C1NN(c2ccccc2)C(=O)C1=Cc1ccccc1OC(=O)c1ccc2c(c1)OCO2.